The van der Waals surface area contributed by atoms with Gasteiger partial charge in [0, 0.05) is 24.8 Å². The van der Waals surface area contributed by atoms with Gasteiger partial charge in [-0.05, 0) is 41.0 Å². The van der Waals surface area contributed by atoms with Gasteiger partial charge in [-0.15, -0.1) is 0 Å². The Bertz CT molecular complexity index is 1010. The van der Waals surface area contributed by atoms with Crippen molar-refractivity contribution in [3.63, 3.8) is 0 Å². The van der Waals surface area contributed by atoms with Crippen molar-refractivity contribution >= 4 is 17.5 Å². The first-order valence-corrected chi connectivity index (χ1v) is 8.35. The molecule has 0 bridgehead atoms. The standard InChI is InChI=1S/C20H17ClN2O3/c1-23-10-9-17(18(24)20(23)26)19(25)22-12-13-3-2-4-15(11-13)14-5-7-16(21)8-6-14/h2-11,24H,12H2,1H3,(H,22,25). The molecule has 2 aromatic carbocycles. The van der Waals surface area contributed by atoms with E-state index in [1.807, 2.05) is 48.5 Å². The predicted molar refractivity (Wildman–Crippen MR) is 101 cm³/mol. The Morgan fingerprint density at radius 3 is 2.58 bits per heavy atom. The summed E-state index contributed by atoms with van der Waals surface area (Å²) in [5.74, 6) is -1.06. The van der Waals surface area contributed by atoms with Crippen LogP contribution in [-0.4, -0.2) is 15.6 Å². The Balaban J connectivity index is 1.75. The van der Waals surface area contributed by atoms with Gasteiger partial charge in [0.2, 0.25) is 0 Å². The highest BCUT2D eigenvalue weighted by molar-refractivity contribution is 6.30. The van der Waals surface area contributed by atoms with Crippen LogP contribution in [0.25, 0.3) is 11.1 Å². The van der Waals surface area contributed by atoms with Crippen molar-refractivity contribution in [2.45, 2.75) is 6.54 Å². The van der Waals surface area contributed by atoms with Gasteiger partial charge in [0.25, 0.3) is 11.5 Å². The second kappa shape index (κ2) is 7.45. The molecule has 0 saturated heterocycles. The monoisotopic (exact) mass is 368 g/mol. The quantitative estimate of drug-likeness (QED) is 0.742. The minimum atomic E-state index is -0.609. The first-order chi connectivity index (χ1) is 12.5. The number of pyridine rings is 1. The van der Waals surface area contributed by atoms with Crippen molar-refractivity contribution in [2.24, 2.45) is 7.05 Å². The normalized spacial score (nSPS) is 10.5. The van der Waals surface area contributed by atoms with Gasteiger partial charge in [0.1, 0.15) is 0 Å². The fourth-order valence-electron chi connectivity index (χ4n) is 2.58. The second-order valence-corrected chi connectivity index (χ2v) is 6.32. The number of amides is 1. The number of aromatic hydroxyl groups is 1. The van der Waals surface area contributed by atoms with Crippen LogP contribution in [0, 0.1) is 0 Å². The molecule has 0 aliphatic rings. The van der Waals surface area contributed by atoms with Crippen LogP contribution in [-0.2, 0) is 13.6 Å². The molecule has 1 amide bonds. The van der Waals surface area contributed by atoms with E-state index >= 15 is 0 Å². The van der Waals surface area contributed by atoms with Gasteiger partial charge >= 0.3 is 0 Å². The zero-order valence-corrected chi connectivity index (χ0v) is 14.8. The van der Waals surface area contributed by atoms with Crippen LogP contribution >= 0.6 is 11.6 Å². The minimum absolute atomic E-state index is 0.0399. The highest BCUT2D eigenvalue weighted by Crippen LogP contribution is 2.22. The zero-order valence-electron chi connectivity index (χ0n) is 14.1. The van der Waals surface area contributed by atoms with Crippen LogP contribution in [0.15, 0.2) is 65.6 Å². The van der Waals surface area contributed by atoms with Crippen molar-refractivity contribution < 1.29 is 9.90 Å². The second-order valence-electron chi connectivity index (χ2n) is 5.88. The van der Waals surface area contributed by atoms with E-state index in [9.17, 15) is 14.7 Å². The number of carbonyl (C=O) groups excluding carboxylic acids is 1. The number of hydrogen-bond acceptors (Lipinski definition) is 3. The van der Waals surface area contributed by atoms with E-state index < -0.39 is 17.2 Å². The van der Waals surface area contributed by atoms with Crippen molar-refractivity contribution in [3.05, 3.63) is 87.3 Å². The highest BCUT2D eigenvalue weighted by atomic mass is 35.5. The summed E-state index contributed by atoms with van der Waals surface area (Å²) in [4.78, 5) is 24.0. The molecule has 0 aliphatic heterocycles. The van der Waals surface area contributed by atoms with E-state index in [1.54, 1.807) is 0 Å². The average Bonchev–Trinajstić information content (AvgIpc) is 2.65. The summed E-state index contributed by atoms with van der Waals surface area (Å²) in [6.07, 6.45) is 1.44. The van der Waals surface area contributed by atoms with Gasteiger partial charge in [-0.25, -0.2) is 0 Å². The maximum absolute atomic E-state index is 12.3. The summed E-state index contributed by atoms with van der Waals surface area (Å²) in [6.45, 7) is 0.273. The van der Waals surface area contributed by atoms with Crippen molar-refractivity contribution in [1.29, 1.82) is 0 Å². The van der Waals surface area contributed by atoms with Crippen molar-refractivity contribution in [1.82, 2.24) is 9.88 Å². The molecule has 1 heterocycles. The molecule has 3 aromatic rings. The lowest BCUT2D eigenvalue weighted by atomic mass is 10.0. The summed E-state index contributed by atoms with van der Waals surface area (Å²) in [7, 11) is 1.51. The van der Waals surface area contributed by atoms with Crippen LogP contribution in [0.1, 0.15) is 15.9 Å². The lowest BCUT2D eigenvalue weighted by Gasteiger charge is -2.09. The largest absolute Gasteiger partial charge is 0.502 e. The van der Waals surface area contributed by atoms with Crippen molar-refractivity contribution in [2.75, 3.05) is 0 Å². The summed E-state index contributed by atoms with van der Waals surface area (Å²) in [6, 6.07) is 16.7. The predicted octanol–water partition coefficient (Wildman–Crippen LogP) is 3.34. The Hall–Kier alpha value is -3.05. The molecule has 0 unspecified atom stereocenters. The highest BCUT2D eigenvalue weighted by Gasteiger charge is 2.14. The minimum Gasteiger partial charge on any atom is -0.502 e. The SMILES string of the molecule is Cn1ccc(C(=O)NCc2cccc(-c3ccc(Cl)cc3)c2)c(O)c1=O. The fraction of sp³-hybridized carbons (Fsp3) is 0.100. The third kappa shape index (κ3) is 3.78. The van der Waals surface area contributed by atoms with Gasteiger partial charge in [-0.3, -0.25) is 9.59 Å². The van der Waals surface area contributed by atoms with E-state index in [1.165, 1.54) is 23.9 Å². The molecule has 1 aromatic heterocycles. The molecule has 0 fully saturated rings. The number of nitrogens with one attached hydrogen (secondary N) is 1. The number of carbonyl (C=O) groups is 1. The number of rotatable bonds is 4. The molecule has 0 radical (unpaired) electrons. The summed E-state index contributed by atoms with van der Waals surface area (Å²) in [5.41, 5.74) is 2.27. The Labute approximate surface area is 155 Å². The van der Waals surface area contributed by atoms with Gasteiger partial charge in [-0.2, -0.15) is 0 Å². The van der Waals surface area contributed by atoms with Gasteiger partial charge in [0.05, 0.1) is 5.56 Å². The maximum atomic E-state index is 12.3. The number of hydrogen-bond donors (Lipinski definition) is 2. The average molecular weight is 369 g/mol. The van der Waals surface area contributed by atoms with Gasteiger partial charge < -0.3 is 15.0 Å². The summed E-state index contributed by atoms with van der Waals surface area (Å²) in [5, 5.41) is 13.3. The lowest BCUT2D eigenvalue weighted by Crippen LogP contribution is -2.26. The summed E-state index contributed by atoms with van der Waals surface area (Å²) < 4.78 is 1.21. The number of aryl methyl sites for hydroxylation is 1. The number of halogens is 1. The van der Waals surface area contributed by atoms with Crippen LogP contribution in [0.2, 0.25) is 5.02 Å². The lowest BCUT2D eigenvalue weighted by molar-refractivity contribution is 0.0947. The molecule has 0 saturated carbocycles. The molecule has 0 aliphatic carbocycles. The molecular formula is C20H17ClN2O3. The molecule has 0 spiro atoms. The first-order valence-electron chi connectivity index (χ1n) is 7.97. The molecule has 0 atom stereocenters. The molecule has 3 rings (SSSR count). The first kappa shape index (κ1) is 17.8. The van der Waals surface area contributed by atoms with E-state index in [0.717, 1.165) is 16.7 Å². The van der Waals surface area contributed by atoms with Crippen LogP contribution in [0.3, 0.4) is 0 Å². The fourth-order valence-corrected chi connectivity index (χ4v) is 2.71. The van der Waals surface area contributed by atoms with Gasteiger partial charge in [-0.1, -0.05) is 41.9 Å². The van der Waals surface area contributed by atoms with Gasteiger partial charge in [0.15, 0.2) is 5.75 Å². The van der Waals surface area contributed by atoms with E-state index in [0.29, 0.717) is 5.02 Å². The molecule has 26 heavy (non-hydrogen) atoms. The molecule has 6 heteroatoms. The number of benzene rings is 2. The summed E-state index contributed by atoms with van der Waals surface area (Å²) >= 11 is 5.92. The van der Waals surface area contributed by atoms with Crippen LogP contribution in [0.5, 0.6) is 5.75 Å². The zero-order chi connectivity index (χ0) is 18.7. The Morgan fingerprint density at radius 1 is 1.12 bits per heavy atom. The Kier molecular flexibility index (Phi) is 5.09. The number of aromatic nitrogens is 1. The number of nitrogens with zero attached hydrogens (tertiary/aromatic N) is 1. The van der Waals surface area contributed by atoms with E-state index in [-0.39, 0.29) is 12.1 Å². The topological polar surface area (TPSA) is 71.3 Å². The maximum Gasteiger partial charge on any atom is 0.293 e. The molecule has 132 valence electrons. The molecule has 2 N–H and O–H groups in total. The Morgan fingerprint density at radius 2 is 1.85 bits per heavy atom. The smallest absolute Gasteiger partial charge is 0.293 e. The third-order valence-electron chi connectivity index (χ3n) is 4.05. The van der Waals surface area contributed by atoms with Crippen molar-refractivity contribution in [3.8, 4) is 16.9 Å². The van der Waals surface area contributed by atoms with Crippen LogP contribution in [0.4, 0.5) is 0 Å². The molecular weight excluding hydrogens is 352 g/mol. The van der Waals surface area contributed by atoms with E-state index in [2.05, 4.69) is 5.32 Å². The molecule has 5 nitrogen and oxygen atoms in total. The van der Waals surface area contributed by atoms with E-state index in [4.69, 9.17) is 11.6 Å². The third-order valence-corrected chi connectivity index (χ3v) is 4.30. The van der Waals surface area contributed by atoms with Crippen LogP contribution < -0.4 is 10.9 Å².